The Balaban J connectivity index is 1.98. The van der Waals surface area contributed by atoms with Crippen LogP contribution in [0.2, 0.25) is 0 Å². The largest absolute Gasteiger partial charge is 0.339 e. The lowest BCUT2D eigenvalue weighted by Gasteiger charge is -2.19. The summed E-state index contributed by atoms with van der Waals surface area (Å²) in [6.07, 6.45) is 2.34. The van der Waals surface area contributed by atoms with Gasteiger partial charge in [0.25, 0.3) is 5.91 Å². The molecule has 5 heteroatoms. The van der Waals surface area contributed by atoms with Gasteiger partial charge in [0, 0.05) is 24.3 Å². The van der Waals surface area contributed by atoms with Gasteiger partial charge in [-0.15, -0.1) is 0 Å². The summed E-state index contributed by atoms with van der Waals surface area (Å²) < 4.78 is 0. The van der Waals surface area contributed by atoms with Gasteiger partial charge in [-0.2, -0.15) is 0 Å². The van der Waals surface area contributed by atoms with Gasteiger partial charge in [0.15, 0.2) is 0 Å². The summed E-state index contributed by atoms with van der Waals surface area (Å²) in [6, 6.07) is 7.17. The molecular formula is C17H25N3O2. The summed E-state index contributed by atoms with van der Waals surface area (Å²) in [5.74, 6) is -0.0185. The van der Waals surface area contributed by atoms with Gasteiger partial charge in [0.05, 0.1) is 6.54 Å². The minimum absolute atomic E-state index is 0.000594. The molecule has 1 aliphatic heterocycles. The predicted octanol–water partition coefficient (Wildman–Crippen LogP) is 2.20. The van der Waals surface area contributed by atoms with Crippen LogP contribution in [0, 0.1) is 0 Å². The Morgan fingerprint density at radius 3 is 2.50 bits per heavy atom. The number of hydrogen-bond donors (Lipinski definition) is 1. The normalized spacial score (nSPS) is 14.8. The van der Waals surface area contributed by atoms with Crippen LogP contribution in [0.3, 0.4) is 0 Å². The van der Waals surface area contributed by atoms with E-state index in [0.29, 0.717) is 30.9 Å². The molecule has 1 fully saturated rings. The van der Waals surface area contributed by atoms with Crippen molar-refractivity contribution in [2.24, 2.45) is 0 Å². The Morgan fingerprint density at radius 1 is 1.18 bits per heavy atom. The van der Waals surface area contributed by atoms with E-state index in [1.54, 1.807) is 17.0 Å². The van der Waals surface area contributed by atoms with Crippen LogP contribution in [0.1, 0.15) is 37.0 Å². The zero-order chi connectivity index (χ0) is 15.9. The van der Waals surface area contributed by atoms with Crippen molar-refractivity contribution in [1.29, 1.82) is 0 Å². The maximum absolute atomic E-state index is 12.3. The molecule has 0 aromatic heterocycles. The monoisotopic (exact) mass is 303 g/mol. The van der Waals surface area contributed by atoms with Crippen LogP contribution >= 0.6 is 0 Å². The predicted molar refractivity (Wildman–Crippen MR) is 88.0 cm³/mol. The summed E-state index contributed by atoms with van der Waals surface area (Å²) in [4.78, 5) is 28.3. The Morgan fingerprint density at radius 2 is 1.86 bits per heavy atom. The van der Waals surface area contributed by atoms with Crippen molar-refractivity contribution in [2.45, 2.75) is 26.7 Å². The fraction of sp³-hybridized carbons (Fsp3) is 0.529. The van der Waals surface area contributed by atoms with Gasteiger partial charge in [-0.05, 0) is 58.0 Å². The first-order chi connectivity index (χ1) is 10.6. The average molecular weight is 303 g/mol. The molecule has 1 N–H and O–H groups in total. The van der Waals surface area contributed by atoms with Crippen molar-refractivity contribution >= 4 is 17.5 Å². The Labute approximate surface area is 132 Å². The van der Waals surface area contributed by atoms with E-state index in [2.05, 4.69) is 10.2 Å². The van der Waals surface area contributed by atoms with Gasteiger partial charge in [-0.3, -0.25) is 14.5 Å². The van der Waals surface area contributed by atoms with E-state index in [4.69, 9.17) is 0 Å². The molecule has 1 aromatic rings. The summed E-state index contributed by atoms with van der Waals surface area (Å²) in [5, 5.41) is 2.89. The van der Waals surface area contributed by atoms with E-state index in [-0.39, 0.29) is 11.8 Å². The average Bonchev–Trinajstić information content (AvgIpc) is 3.01. The molecule has 2 amide bonds. The zero-order valence-corrected chi connectivity index (χ0v) is 13.5. The molecule has 0 spiro atoms. The van der Waals surface area contributed by atoms with Crippen molar-refractivity contribution < 1.29 is 9.59 Å². The maximum atomic E-state index is 12.3. The number of benzene rings is 1. The number of nitrogens with one attached hydrogen (secondary N) is 1. The van der Waals surface area contributed by atoms with Crippen LogP contribution in [0.15, 0.2) is 24.3 Å². The number of carbonyl (C=O) groups excluding carboxylic acids is 2. The van der Waals surface area contributed by atoms with Gasteiger partial charge in [-0.25, -0.2) is 0 Å². The van der Waals surface area contributed by atoms with Crippen LogP contribution in [-0.2, 0) is 4.79 Å². The highest BCUT2D eigenvalue weighted by Crippen LogP contribution is 2.14. The number of carbonyl (C=O) groups is 2. The summed E-state index contributed by atoms with van der Waals surface area (Å²) in [6.45, 7) is 7.70. The van der Waals surface area contributed by atoms with Gasteiger partial charge in [0.2, 0.25) is 5.91 Å². The lowest BCUT2D eigenvalue weighted by molar-refractivity contribution is -0.117. The van der Waals surface area contributed by atoms with E-state index in [1.165, 1.54) is 12.8 Å². The minimum Gasteiger partial charge on any atom is -0.339 e. The molecule has 5 nitrogen and oxygen atoms in total. The molecule has 1 saturated heterocycles. The van der Waals surface area contributed by atoms with Crippen LogP contribution in [0.5, 0.6) is 0 Å². The second-order valence-electron chi connectivity index (χ2n) is 5.59. The third kappa shape index (κ3) is 4.31. The maximum Gasteiger partial charge on any atom is 0.253 e. The van der Waals surface area contributed by atoms with Gasteiger partial charge in [-0.1, -0.05) is 6.07 Å². The van der Waals surface area contributed by atoms with E-state index in [0.717, 1.165) is 13.1 Å². The molecule has 0 saturated carbocycles. The molecule has 22 heavy (non-hydrogen) atoms. The Hall–Kier alpha value is -1.88. The quantitative estimate of drug-likeness (QED) is 0.876. The van der Waals surface area contributed by atoms with Crippen molar-refractivity contribution in [3.8, 4) is 0 Å². The molecule has 0 bridgehead atoms. The fourth-order valence-corrected chi connectivity index (χ4v) is 2.77. The third-order valence-corrected chi connectivity index (χ3v) is 4.01. The first-order valence-corrected chi connectivity index (χ1v) is 8.05. The molecule has 1 heterocycles. The minimum atomic E-state index is -0.0191. The number of hydrogen-bond acceptors (Lipinski definition) is 3. The number of nitrogens with zero attached hydrogens (tertiary/aromatic N) is 2. The van der Waals surface area contributed by atoms with Gasteiger partial charge < -0.3 is 10.2 Å². The van der Waals surface area contributed by atoms with E-state index < -0.39 is 0 Å². The molecule has 0 radical (unpaired) electrons. The Bertz CT molecular complexity index is 520. The molecule has 0 aliphatic carbocycles. The highest BCUT2D eigenvalue weighted by Gasteiger charge is 2.16. The Kier molecular flexibility index (Phi) is 5.95. The summed E-state index contributed by atoms with van der Waals surface area (Å²) >= 11 is 0. The highest BCUT2D eigenvalue weighted by molar-refractivity contribution is 5.97. The standard InChI is InChI=1S/C17H25N3O2/c1-3-20(4-2)17(22)14-8-7-9-15(12-14)18-16(21)13-19-10-5-6-11-19/h7-9,12H,3-6,10-11,13H2,1-2H3,(H,18,21). The van der Waals surface area contributed by atoms with Crippen molar-refractivity contribution in [1.82, 2.24) is 9.80 Å². The second-order valence-corrected chi connectivity index (χ2v) is 5.59. The van der Waals surface area contributed by atoms with E-state index in [9.17, 15) is 9.59 Å². The molecule has 0 atom stereocenters. The molecule has 0 unspecified atom stereocenters. The van der Waals surface area contributed by atoms with Crippen molar-refractivity contribution in [3.63, 3.8) is 0 Å². The fourth-order valence-electron chi connectivity index (χ4n) is 2.77. The van der Waals surface area contributed by atoms with Crippen molar-refractivity contribution in [3.05, 3.63) is 29.8 Å². The molecule has 1 aliphatic rings. The van der Waals surface area contributed by atoms with Crippen LogP contribution in [0.4, 0.5) is 5.69 Å². The van der Waals surface area contributed by atoms with E-state index in [1.807, 2.05) is 26.0 Å². The number of amides is 2. The lowest BCUT2D eigenvalue weighted by Crippen LogP contribution is -2.31. The van der Waals surface area contributed by atoms with Crippen LogP contribution < -0.4 is 5.32 Å². The summed E-state index contributed by atoms with van der Waals surface area (Å²) in [7, 11) is 0. The molecule has 120 valence electrons. The number of rotatable bonds is 6. The number of likely N-dealkylation sites (tertiary alicyclic amines) is 1. The van der Waals surface area contributed by atoms with Gasteiger partial charge >= 0.3 is 0 Å². The molecule has 1 aromatic carbocycles. The van der Waals surface area contributed by atoms with Crippen LogP contribution in [0.25, 0.3) is 0 Å². The second kappa shape index (κ2) is 7.94. The molecule has 2 rings (SSSR count). The van der Waals surface area contributed by atoms with Crippen LogP contribution in [-0.4, -0.2) is 54.3 Å². The highest BCUT2D eigenvalue weighted by atomic mass is 16.2. The smallest absolute Gasteiger partial charge is 0.253 e. The number of anilines is 1. The topological polar surface area (TPSA) is 52.7 Å². The first kappa shape index (κ1) is 16.5. The van der Waals surface area contributed by atoms with Crippen molar-refractivity contribution in [2.75, 3.05) is 38.0 Å². The van der Waals surface area contributed by atoms with E-state index >= 15 is 0 Å². The zero-order valence-electron chi connectivity index (χ0n) is 13.5. The van der Waals surface area contributed by atoms with Gasteiger partial charge in [0.1, 0.15) is 0 Å². The summed E-state index contributed by atoms with van der Waals surface area (Å²) in [5.41, 5.74) is 1.30. The first-order valence-electron chi connectivity index (χ1n) is 8.05. The lowest BCUT2D eigenvalue weighted by atomic mass is 10.1. The molecular weight excluding hydrogens is 278 g/mol. The SMILES string of the molecule is CCN(CC)C(=O)c1cccc(NC(=O)CN2CCCC2)c1. The third-order valence-electron chi connectivity index (χ3n) is 4.01.